The van der Waals surface area contributed by atoms with Crippen molar-refractivity contribution >= 4 is 46.5 Å². The van der Waals surface area contributed by atoms with Crippen LogP contribution in [0.5, 0.6) is 0 Å². The molecule has 0 radical (unpaired) electrons. The van der Waals surface area contributed by atoms with Crippen molar-refractivity contribution in [2.24, 2.45) is 23.2 Å². The normalized spacial score (nSPS) is 34.6. The first kappa shape index (κ1) is 19.9. The number of likely N-dealkylation sites (tertiary alicyclic amines) is 1. The summed E-state index contributed by atoms with van der Waals surface area (Å²) < 4.78 is 0.977. The summed E-state index contributed by atoms with van der Waals surface area (Å²) in [6, 6.07) is 0. The third kappa shape index (κ3) is 4.16. The van der Waals surface area contributed by atoms with Crippen LogP contribution >= 0.6 is 35.5 Å². The molecule has 1 aromatic rings. The number of anilines is 1. The van der Waals surface area contributed by atoms with E-state index in [0.29, 0.717) is 5.13 Å². The van der Waals surface area contributed by atoms with Crippen molar-refractivity contribution in [2.45, 2.75) is 55.7 Å². The molecule has 5 aliphatic rings. The fourth-order valence-electron chi connectivity index (χ4n) is 6.21. The summed E-state index contributed by atoms with van der Waals surface area (Å²) in [5, 5.41) is 12.3. The Morgan fingerprint density at radius 1 is 1.11 bits per heavy atom. The molecule has 0 spiro atoms. The highest BCUT2D eigenvalue weighted by Crippen LogP contribution is 2.60. The van der Waals surface area contributed by atoms with Crippen molar-refractivity contribution in [3.8, 4) is 0 Å². The van der Waals surface area contributed by atoms with Gasteiger partial charge in [0.05, 0.1) is 5.41 Å². The molecular formula is C19H29ClN4OS2. The Labute approximate surface area is 175 Å². The largest absolute Gasteiger partial charge is 0.303 e. The second-order valence-electron chi connectivity index (χ2n) is 8.92. The summed E-state index contributed by atoms with van der Waals surface area (Å²) in [5.74, 6) is 3.65. The number of nitrogens with zero attached hydrogens (tertiary/aromatic N) is 3. The highest BCUT2D eigenvalue weighted by molar-refractivity contribution is 8.01. The van der Waals surface area contributed by atoms with Gasteiger partial charge in [0.1, 0.15) is 0 Å². The number of hydrogen-bond acceptors (Lipinski definition) is 6. The van der Waals surface area contributed by atoms with E-state index in [4.69, 9.17) is 0 Å². The van der Waals surface area contributed by atoms with Gasteiger partial charge in [-0.25, -0.2) is 0 Å². The number of hydrogen-bond donors (Lipinski definition) is 1. The first-order valence-electron chi connectivity index (χ1n) is 10.2. The maximum absolute atomic E-state index is 13.1. The van der Waals surface area contributed by atoms with E-state index in [1.165, 1.54) is 56.5 Å². The minimum absolute atomic E-state index is 0. The predicted octanol–water partition coefficient (Wildman–Crippen LogP) is 4.30. The number of aromatic nitrogens is 2. The van der Waals surface area contributed by atoms with Crippen molar-refractivity contribution in [3.05, 3.63) is 0 Å². The molecule has 0 unspecified atom stereocenters. The van der Waals surface area contributed by atoms with E-state index >= 15 is 0 Å². The Morgan fingerprint density at radius 3 is 2.37 bits per heavy atom. The van der Waals surface area contributed by atoms with Gasteiger partial charge in [-0.1, -0.05) is 23.1 Å². The van der Waals surface area contributed by atoms with Gasteiger partial charge >= 0.3 is 0 Å². The predicted molar refractivity (Wildman–Crippen MR) is 113 cm³/mol. The minimum atomic E-state index is -0.108. The van der Waals surface area contributed by atoms with Gasteiger partial charge in [0.2, 0.25) is 11.0 Å². The third-order valence-electron chi connectivity index (χ3n) is 6.98. The van der Waals surface area contributed by atoms with E-state index in [1.807, 2.05) is 0 Å². The lowest BCUT2D eigenvalue weighted by Gasteiger charge is -2.55. The molecule has 4 saturated carbocycles. The topological polar surface area (TPSA) is 58.1 Å². The Balaban J connectivity index is 0.00000180. The number of amides is 1. The number of halogens is 1. The van der Waals surface area contributed by atoms with Crippen LogP contribution in [0.4, 0.5) is 5.13 Å². The van der Waals surface area contributed by atoms with Crippen LogP contribution in [0.2, 0.25) is 0 Å². The first-order valence-corrected chi connectivity index (χ1v) is 12.0. The molecule has 1 aliphatic heterocycles. The number of thioether (sulfide) groups is 1. The van der Waals surface area contributed by atoms with Gasteiger partial charge in [0, 0.05) is 12.3 Å². The van der Waals surface area contributed by atoms with Gasteiger partial charge < -0.3 is 10.2 Å². The Bertz CT molecular complexity index is 641. The fraction of sp³-hybridized carbons (Fsp3) is 0.842. The number of carbonyl (C=O) groups excluding carboxylic acids is 1. The maximum Gasteiger partial charge on any atom is 0.232 e. The summed E-state index contributed by atoms with van der Waals surface area (Å²) in [6.45, 7) is 3.60. The van der Waals surface area contributed by atoms with Crippen molar-refractivity contribution in [3.63, 3.8) is 0 Å². The van der Waals surface area contributed by atoms with Crippen LogP contribution in [-0.4, -0.2) is 46.4 Å². The first-order chi connectivity index (χ1) is 12.7. The zero-order valence-corrected chi connectivity index (χ0v) is 18.1. The molecule has 2 heterocycles. The molecule has 5 nitrogen and oxygen atoms in total. The highest BCUT2D eigenvalue weighted by Gasteiger charge is 2.54. The monoisotopic (exact) mass is 428 g/mol. The lowest BCUT2D eigenvalue weighted by Crippen LogP contribution is -2.51. The average molecular weight is 429 g/mol. The van der Waals surface area contributed by atoms with Crippen LogP contribution in [0, 0.1) is 23.2 Å². The lowest BCUT2D eigenvalue weighted by atomic mass is 9.49. The standard InChI is InChI=1S/C19H28N4OS2.ClH/c24-16(19-10-13-7-14(11-19)9-15(8-13)12-19)20-17-21-22-18(26-17)25-6-5-23-3-1-2-4-23;/h13-15H,1-12H2,(H,20,21,24);1H. The molecule has 5 fully saturated rings. The summed E-state index contributed by atoms with van der Waals surface area (Å²) >= 11 is 3.30. The summed E-state index contributed by atoms with van der Waals surface area (Å²) in [6.07, 6.45) is 10.1. The second kappa shape index (κ2) is 8.17. The molecule has 1 saturated heterocycles. The van der Waals surface area contributed by atoms with Gasteiger partial charge in [-0.05, 0) is 82.2 Å². The molecule has 1 aromatic heterocycles. The van der Waals surface area contributed by atoms with E-state index in [-0.39, 0.29) is 23.7 Å². The number of nitrogens with one attached hydrogen (secondary N) is 1. The van der Waals surface area contributed by atoms with Crippen molar-refractivity contribution in [1.82, 2.24) is 15.1 Å². The molecule has 0 atom stereocenters. The lowest BCUT2D eigenvalue weighted by molar-refractivity contribution is -0.140. The summed E-state index contributed by atoms with van der Waals surface area (Å²) in [4.78, 5) is 15.6. The molecule has 8 heteroatoms. The van der Waals surface area contributed by atoms with Gasteiger partial charge in [-0.3, -0.25) is 4.79 Å². The van der Waals surface area contributed by atoms with E-state index in [2.05, 4.69) is 20.4 Å². The Kier molecular flexibility index (Phi) is 6.03. The second-order valence-corrected chi connectivity index (χ2v) is 11.2. The van der Waals surface area contributed by atoms with E-state index in [0.717, 1.165) is 53.7 Å². The minimum Gasteiger partial charge on any atom is -0.303 e. The Hall–Kier alpha value is -0.370. The zero-order valence-electron chi connectivity index (χ0n) is 15.7. The van der Waals surface area contributed by atoms with E-state index < -0.39 is 0 Å². The van der Waals surface area contributed by atoms with Crippen molar-refractivity contribution in [1.29, 1.82) is 0 Å². The van der Waals surface area contributed by atoms with E-state index in [1.54, 1.807) is 11.8 Å². The molecule has 4 aliphatic carbocycles. The molecule has 27 heavy (non-hydrogen) atoms. The molecular weight excluding hydrogens is 400 g/mol. The van der Waals surface area contributed by atoms with Crippen LogP contribution in [0.15, 0.2) is 4.34 Å². The smallest absolute Gasteiger partial charge is 0.232 e. The highest BCUT2D eigenvalue weighted by atomic mass is 35.5. The molecule has 4 bridgehead atoms. The zero-order chi connectivity index (χ0) is 17.6. The third-order valence-corrected chi connectivity index (χ3v) is 8.93. The van der Waals surface area contributed by atoms with Crippen LogP contribution in [0.1, 0.15) is 51.4 Å². The molecule has 1 N–H and O–H groups in total. The molecule has 150 valence electrons. The SMILES string of the molecule is Cl.O=C(Nc1nnc(SCCN2CCCC2)s1)C12CC3CC(CC(C3)C1)C2. The van der Waals surface area contributed by atoms with Gasteiger partial charge in [-0.2, -0.15) is 0 Å². The summed E-state index contributed by atoms with van der Waals surface area (Å²) in [7, 11) is 0. The number of rotatable bonds is 6. The van der Waals surface area contributed by atoms with Gasteiger partial charge in [0.15, 0.2) is 4.34 Å². The van der Waals surface area contributed by atoms with Crippen LogP contribution in [-0.2, 0) is 4.79 Å². The fourth-order valence-corrected chi connectivity index (χ4v) is 8.02. The summed E-state index contributed by atoms with van der Waals surface area (Å²) in [5.41, 5.74) is -0.108. The molecule has 0 aromatic carbocycles. The Morgan fingerprint density at radius 2 is 1.74 bits per heavy atom. The van der Waals surface area contributed by atoms with E-state index in [9.17, 15) is 4.79 Å². The average Bonchev–Trinajstić information content (AvgIpc) is 3.26. The maximum atomic E-state index is 13.1. The van der Waals surface area contributed by atoms with Crippen LogP contribution < -0.4 is 5.32 Å². The van der Waals surface area contributed by atoms with Crippen molar-refractivity contribution < 1.29 is 4.79 Å². The number of carbonyl (C=O) groups is 1. The van der Waals surface area contributed by atoms with Gasteiger partial charge in [0.25, 0.3) is 0 Å². The van der Waals surface area contributed by atoms with Gasteiger partial charge in [-0.15, -0.1) is 22.6 Å². The van der Waals surface area contributed by atoms with Crippen LogP contribution in [0.3, 0.4) is 0 Å². The molecule has 6 rings (SSSR count). The quantitative estimate of drug-likeness (QED) is 0.540. The van der Waals surface area contributed by atoms with Crippen molar-refractivity contribution in [2.75, 3.05) is 30.7 Å². The van der Waals surface area contributed by atoms with Crippen LogP contribution in [0.25, 0.3) is 0 Å². The molecule has 1 amide bonds.